The van der Waals surface area contributed by atoms with Gasteiger partial charge in [0, 0.05) is 44.6 Å². The molecule has 0 unspecified atom stereocenters. The summed E-state index contributed by atoms with van der Waals surface area (Å²) in [6.07, 6.45) is 6.92. The maximum atomic E-state index is 12.3. The number of guanidine groups is 1. The molecule has 220 valence electrons. The Labute approximate surface area is 240 Å². The maximum Gasteiger partial charge on any atom is 0.260 e. The summed E-state index contributed by atoms with van der Waals surface area (Å²) in [7, 11) is 0. The quantitative estimate of drug-likeness (QED) is 0.292. The van der Waals surface area contributed by atoms with Crippen LogP contribution in [-0.2, 0) is 19.0 Å². The van der Waals surface area contributed by atoms with Crippen molar-refractivity contribution in [2.75, 3.05) is 64.1 Å². The van der Waals surface area contributed by atoms with E-state index in [2.05, 4.69) is 26.9 Å². The zero-order valence-electron chi connectivity index (χ0n) is 23.7. The molecule has 12 heteroatoms. The highest BCUT2D eigenvalue weighted by atomic mass is 16.5. The average molecular weight is 566 g/mol. The van der Waals surface area contributed by atoms with Crippen LogP contribution in [0.15, 0.2) is 46.3 Å². The van der Waals surface area contributed by atoms with Crippen molar-refractivity contribution in [3.8, 4) is 5.88 Å². The molecular weight excluding hydrogens is 526 g/mol. The highest BCUT2D eigenvalue weighted by Gasteiger charge is 2.25. The Bertz CT molecular complexity index is 1250. The fourth-order valence-electron chi connectivity index (χ4n) is 5.11. The summed E-state index contributed by atoms with van der Waals surface area (Å²) in [5.41, 5.74) is 0.878. The van der Waals surface area contributed by atoms with Crippen LogP contribution in [0.1, 0.15) is 32.6 Å². The SMILES string of the molecule is C=NC(=NC1CCC(Oc2nc(N3CCOCC3)cc3ncccc23)CC1)N/C=C(\C)OCC(=O)N1CCOCC1. The lowest BCUT2D eigenvalue weighted by molar-refractivity contribution is -0.138. The minimum absolute atomic E-state index is 0.0163. The standard InChI is InChI=1S/C29H39N7O5/c1-21(40-20-27(37)36-12-16-39-17-13-36)19-32-29(30-2)33-22-5-7-23(8-6-22)41-28-24-4-3-9-31-25(24)18-26(34-28)35-10-14-38-15-11-35/h3-4,9,18-19,22-23H,2,5-8,10-17,20H2,1H3,(H,32,33)/b21-19+. The first-order chi connectivity index (χ1) is 20.1. The number of aromatic nitrogens is 2. The van der Waals surface area contributed by atoms with E-state index in [1.807, 2.05) is 18.2 Å². The number of nitrogens with zero attached hydrogens (tertiary/aromatic N) is 6. The number of pyridine rings is 2. The highest BCUT2D eigenvalue weighted by molar-refractivity contribution is 5.86. The van der Waals surface area contributed by atoms with Crippen LogP contribution in [-0.4, -0.2) is 105 Å². The molecule has 2 aromatic rings. The van der Waals surface area contributed by atoms with Gasteiger partial charge in [-0.15, -0.1) is 0 Å². The third kappa shape index (κ3) is 7.92. The van der Waals surface area contributed by atoms with Gasteiger partial charge in [-0.3, -0.25) is 9.78 Å². The van der Waals surface area contributed by atoms with Gasteiger partial charge in [0.15, 0.2) is 6.61 Å². The van der Waals surface area contributed by atoms with Gasteiger partial charge in [-0.25, -0.2) is 9.98 Å². The smallest absolute Gasteiger partial charge is 0.260 e. The molecule has 5 rings (SSSR count). The van der Waals surface area contributed by atoms with Crippen molar-refractivity contribution in [2.45, 2.75) is 44.8 Å². The van der Waals surface area contributed by atoms with Crippen molar-refractivity contribution in [3.63, 3.8) is 0 Å². The number of carbonyl (C=O) groups is 1. The number of hydrogen-bond acceptors (Lipinski definition) is 9. The summed E-state index contributed by atoms with van der Waals surface area (Å²) in [4.78, 5) is 34.5. The van der Waals surface area contributed by atoms with E-state index in [1.165, 1.54) is 0 Å². The largest absolute Gasteiger partial charge is 0.487 e. The Hall–Kier alpha value is -3.77. The molecule has 0 atom stereocenters. The molecule has 3 aliphatic rings. The molecule has 1 N–H and O–H groups in total. The molecule has 0 aromatic carbocycles. The molecule has 1 saturated carbocycles. The van der Waals surface area contributed by atoms with E-state index in [0.29, 0.717) is 57.1 Å². The molecule has 4 heterocycles. The molecule has 1 aliphatic carbocycles. The molecule has 2 aliphatic heterocycles. The topological polar surface area (TPSA) is 123 Å². The minimum Gasteiger partial charge on any atom is -0.487 e. The summed E-state index contributed by atoms with van der Waals surface area (Å²) in [6, 6.07) is 6.05. The maximum absolute atomic E-state index is 12.3. The first kappa shape index (κ1) is 28.7. The number of ether oxygens (including phenoxy) is 4. The van der Waals surface area contributed by atoms with Crippen molar-refractivity contribution in [2.24, 2.45) is 9.98 Å². The van der Waals surface area contributed by atoms with E-state index in [4.69, 9.17) is 28.9 Å². The van der Waals surface area contributed by atoms with Crippen molar-refractivity contribution in [1.29, 1.82) is 0 Å². The summed E-state index contributed by atoms with van der Waals surface area (Å²) < 4.78 is 22.9. The van der Waals surface area contributed by atoms with E-state index in [1.54, 1.807) is 24.2 Å². The predicted molar refractivity (Wildman–Crippen MR) is 156 cm³/mol. The second-order valence-corrected chi connectivity index (χ2v) is 10.3. The summed E-state index contributed by atoms with van der Waals surface area (Å²) in [6.45, 7) is 10.7. The van der Waals surface area contributed by atoms with Gasteiger partial charge in [0.1, 0.15) is 17.7 Å². The zero-order chi connectivity index (χ0) is 28.4. The lowest BCUT2D eigenvalue weighted by Gasteiger charge is -2.30. The van der Waals surface area contributed by atoms with Crippen LogP contribution >= 0.6 is 0 Å². The van der Waals surface area contributed by atoms with Crippen molar-refractivity contribution < 1.29 is 23.7 Å². The van der Waals surface area contributed by atoms with Gasteiger partial charge in [0.2, 0.25) is 11.8 Å². The molecule has 3 fully saturated rings. The van der Waals surface area contributed by atoms with Gasteiger partial charge < -0.3 is 34.1 Å². The first-order valence-corrected chi connectivity index (χ1v) is 14.3. The Balaban J connectivity index is 1.13. The number of anilines is 1. The van der Waals surface area contributed by atoms with Gasteiger partial charge >= 0.3 is 0 Å². The van der Waals surface area contributed by atoms with Crippen molar-refractivity contribution >= 4 is 35.3 Å². The van der Waals surface area contributed by atoms with E-state index in [9.17, 15) is 4.79 Å². The van der Waals surface area contributed by atoms with E-state index >= 15 is 0 Å². The fourth-order valence-corrected chi connectivity index (χ4v) is 5.11. The lowest BCUT2D eigenvalue weighted by atomic mass is 9.93. The molecule has 0 radical (unpaired) electrons. The number of hydrogen-bond donors (Lipinski definition) is 1. The van der Waals surface area contributed by atoms with Gasteiger partial charge in [0.25, 0.3) is 5.91 Å². The molecule has 12 nitrogen and oxygen atoms in total. The zero-order valence-corrected chi connectivity index (χ0v) is 23.7. The van der Waals surface area contributed by atoms with Crippen LogP contribution in [0, 0.1) is 0 Å². The number of allylic oxidation sites excluding steroid dienone is 1. The number of nitrogens with one attached hydrogen (secondary N) is 1. The predicted octanol–water partition coefficient (Wildman–Crippen LogP) is 2.54. The van der Waals surface area contributed by atoms with Gasteiger partial charge in [-0.1, -0.05) is 0 Å². The molecule has 0 bridgehead atoms. The molecule has 0 spiro atoms. The molecule has 2 saturated heterocycles. The normalized spacial score (nSPS) is 22.4. The fraction of sp³-hybridized carbons (Fsp3) is 0.552. The van der Waals surface area contributed by atoms with Crippen LogP contribution in [0.5, 0.6) is 5.88 Å². The first-order valence-electron chi connectivity index (χ1n) is 14.3. The summed E-state index contributed by atoms with van der Waals surface area (Å²) >= 11 is 0. The Morgan fingerprint density at radius 1 is 1.15 bits per heavy atom. The van der Waals surface area contributed by atoms with E-state index in [-0.39, 0.29) is 24.7 Å². The second-order valence-electron chi connectivity index (χ2n) is 10.3. The Morgan fingerprint density at radius 2 is 1.88 bits per heavy atom. The number of amides is 1. The second kappa shape index (κ2) is 14.2. The van der Waals surface area contributed by atoms with Crippen LogP contribution in [0.4, 0.5) is 5.82 Å². The van der Waals surface area contributed by atoms with Crippen LogP contribution in [0.25, 0.3) is 10.9 Å². The molecule has 41 heavy (non-hydrogen) atoms. The van der Waals surface area contributed by atoms with Gasteiger partial charge in [-0.2, -0.15) is 4.98 Å². The van der Waals surface area contributed by atoms with Crippen LogP contribution in [0.3, 0.4) is 0 Å². The summed E-state index contributed by atoms with van der Waals surface area (Å²) in [5, 5.41) is 3.97. The number of carbonyl (C=O) groups excluding carboxylic acids is 1. The highest BCUT2D eigenvalue weighted by Crippen LogP contribution is 2.31. The number of aliphatic imine (C=N–C) groups is 2. The Morgan fingerprint density at radius 3 is 2.61 bits per heavy atom. The van der Waals surface area contributed by atoms with Crippen LogP contribution < -0.4 is 15.0 Å². The number of morpholine rings is 2. The Kier molecular flexibility index (Phi) is 9.97. The summed E-state index contributed by atoms with van der Waals surface area (Å²) in [5.74, 6) is 2.44. The van der Waals surface area contributed by atoms with Gasteiger partial charge in [-0.05, 0) is 51.5 Å². The molecular formula is C29H39N7O5. The van der Waals surface area contributed by atoms with Crippen LogP contribution in [0.2, 0.25) is 0 Å². The number of rotatable bonds is 8. The van der Waals surface area contributed by atoms with E-state index < -0.39 is 0 Å². The third-order valence-corrected chi connectivity index (χ3v) is 7.45. The monoisotopic (exact) mass is 565 g/mol. The third-order valence-electron chi connectivity index (χ3n) is 7.45. The van der Waals surface area contributed by atoms with E-state index in [0.717, 1.165) is 55.5 Å². The lowest BCUT2D eigenvalue weighted by Crippen LogP contribution is -2.42. The average Bonchev–Trinajstić information content (AvgIpc) is 3.03. The van der Waals surface area contributed by atoms with Crippen molar-refractivity contribution in [1.82, 2.24) is 20.2 Å². The van der Waals surface area contributed by atoms with Crippen molar-refractivity contribution in [3.05, 3.63) is 36.4 Å². The molecule has 2 aromatic heterocycles. The minimum atomic E-state index is -0.0527. The molecule has 1 amide bonds. The van der Waals surface area contributed by atoms with Gasteiger partial charge in [0.05, 0.1) is 43.4 Å². The number of fused-ring (bicyclic) bond motifs is 1.